The molecule has 7 heteroatoms. The normalized spacial score (nSPS) is 15.3. The Morgan fingerprint density at radius 3 is 2.38 bits per heavy atom. The molecule has 0 radical (unpaired) electrons. The highest BCUT2D eigenvalue weighted by molar-refractivity contribution is 5.95. The molecule has 154 valence electrons. The van der Waals surface area contributed by atoms with Gasteiger partial charge in [0.15, 0.2) is 0 Å². The molecule has 0 aliphatic carbocycles. The van der Waals surface area contributed by atoms with Crippen LogP contribution in [0, 0.1) is 0 Å². The zero-order valence-corrected chi connectivity index (χ0v) is 17.9. The Morgan fingerprint density at radius 2 is 1.76 bits per heavy atom. The van der Waals surface area contributed by atoms with Crippen molar-refractivity contribution in [2.75, 3.05) is 11.9 Å². The van der Waals surface area contributed by atoms with Gasteiger partial charge in [-0.05, 0) is 61.2 Å². The van der Waals surface area contributed by atoms with Gasteiger partial charge in [0, 0.05) is 11.3 Å². The number of H-pyrrole nitrogens is 1. The van der Waals surface area contributed by atoms with Gasteiger partial charge in [-0.2, -0.15) is 0 Å². The van der Waals surface area contributed by atoms with Gasteiger partial charge in [-0.15, -0.1) is 24.8 Å². The lowest BCUT2D eigenvalue weighted by atomic mass is 10.1. The van der Waals surface area contributed by atoms with E-state index < -0.39 is 0 Å². The second-order valence-corrected chi connectivity index (χ2v) is 6.91. The number of anilines is 1. The third-order valence-electron chi connectivity index (χ3n) is 5.05. The topological polar surface area (TPSA) is 69.8 Å². The number of aromatic nitrogens is 2. The number of imidazole rings is 1. The van der Waals surface area contributed by atoms with E-state index in [2.05, 4.69) is 51.8 Å². The number of rotatable bonds is 5. The SMILES string of the molecule is CCc1ccc(-c2cnc(-c3ccc(NC(=O)[C@@H]4CCCN4)cc3)[nH]2)cc1.Cl.Cl. The highest BCUT2D eigenvalue weighted by Gasteiger charge is 2.21. The van der Waals surface area contributed by atoms with Crippen LogP contribution in [-0.4, -0.2) is 28.5 Å². The van der Waals surface area contributed by atoms with Crippen molar-refractivity contribution in [3.05, 3.63) is 60.3 Å². The zero-order chi connectivity index (χ0) is 18.6. The Kier molecular flexibility index (Phi) is 8.26. The fraction of sp³-hybridized carbons (Fsp3) is 0.273. The summed E-state index contributed by atoms with van der Waals surface area (Å²) in [5.41, 5.74) is 5.24. The van der Waals surface area contributed by atoms with Crippen molar-refractivity contribution < 1.29 is 4.79 Å². The summed E-state index contributed by atoms with van der Waals surface area (Å²) in [7, 11) is 0. The van der Waals surface area contributed by atoms with Crippen LogP contribution in [0.15, 0.2) is 54.7 Å². The van der Waals surface area contributed by atoms with E-state index in [1.54, 1.807) is 0 Å². The van der Waals surface area contributed by atoms with Crippen LogP contribution in [0.25, 0.3) is 22.6 Å². The predicted octanol–water partition coefficient (Wildman–Crippen LogP) is 4.84. The monoisotopic (exact) mass is 432 g/mol. The zero-order valence-electron chi connectivity index (χ0n) is 16.3. The average molecular weight is 433 g/mol. The molecule has 5 nitrogen and oxygen atoms in total. The van der Waals surface area contributed by atoms with Crippen LogP contribution in [0.3, 0.4) is 0 Å². The number of aryl methyl sites for hydroxylation is 1. The van der Waals surface area contributed by atoms with Gasteiger partial charge in [0.05, 0.1) is 17.9 Å². The number of carbonyl (C=O) groups is 1. The molecule has 1 saturated heterocycles. The Labute approximate surface area is 183 Å². The lowest BCUT2D eigenvalue weighted by Gasteiger charge is -2.11. The van der Waals surface area contributed by atoms with E-state index >= 15 is 0 Å². The van der Waals surface area contributed by atoms with Crippen LogP contribution in [0.5, 0.6) is 0 Å². The maximum Gasteiger partial charge on any atom is 0.241 e. The van der Waals surface area contributed by atoms with Gasteiger partial charge in [0.2, 0.25) is 5.91 Å². The van der Waals surface area contributed by atoms with Crippen molar-refractivity contribution in [3.63, 3.8) is 0 Å². The molecule has 1 aromatic heterocycles. The van der Waals surface area contributed by atoms with Gasteiger partial charge >= 0.3 is 0 Å². The van der Waals surface area contributed by atoms with E-state index in [1.165, 1.54) is 5.56 Å². The quantitative estimate of drug-likeness (QED) is 0.539. The van der Waals surface area contributed by atoms with E-state index in [1.807, 2.05) is 30.5 Å². The summed E-state index contributed by atoms with van der Waals surface area (Å²) in [4.78, 5) is 20.1. The first-order valence-electron chi connectivity index (χ1n) is 9.52. The maximum absolute atomic E-state index is 12.2. The number of amides is 1. The number of nitrogens with one attached hydrogen (secondary N) is 3. The molecule has 4 rings (SSSR count). The summed E-state index contributed by atoms with van der Waals surface area (Å²) in [5.74, 6) is 0.857. The van der Waals surface area contributed by atoms with Crippen LogP contribution >= 0.6 is 24.8 Å². The molecular weight excluding hydrogens is 407 g/mol. The Bertz CT molecular complexity index is 917. The van der Waals surface area contributed by atoms with Crippen LogP contribution in [0.2, 0.25) is 0 Å². The molecule has 0 bridgehead atoms. The first-order valence-corrected chi connectivity index (χ1v) is 9.52. The third kappa shape index (κ3) is 5.38. The van der Waals surface area contributed by atoms with E-state index in [4.69, 9.17) is 0 Å². The van der Waals surface area contributed by atoms with Crippen molar-refractivity contribution in [3.8, 4) is 22.6 Å². The molecule has 2 heterocycles. The fourth-order valence-corrected chi connectivity index (χ4v) is 3.38. The maximum atomic E-state index is 12.2. The van der Waals surface area contributed by atoms with Crippen LogP contribution in [0.1, 0.15) is 25.3 Å². The molecule has 1 aliphatic rings. The Morgan fingerprint density at radius 1 is 1.07 bits per heavy atom. The largest absolute Gasteiger partial charge is 0.338 e. The van der Waals surface area contributed by atoms with Crippen LogP contribution < -0.4 is 10.6 Å². The van der Waals surface area contributed by atoms with Crippen LogP contribution in [-0.2, 0) is 11.2 Å². The molecule has 3 N–H and O–H groups in total. The summed E-state index contributed by atoms with van der Waals surface area (Å²) >= 11 is 0. The van der Waals surface area contributed by atoms with Crippen molar-refractivity contribution in [1.29, 1.82) is 0 Å². The Balaban J connectivity index is 0.00000150. The lowest BCUT2D eigenvalue weighted by molar-refractivity contribution is -0.117. The minimum absolute atomic E-state index is 0. The van der Waals surface area contributed by atoms with Gasteiger partial charge in [0.25, 0.3) is 0 Å². The second kappa shape index (κ2) is 10.4. The van der Waals surface area contributed by atoms with E-state index in [9.17, 15) is 4.79 Å². The van der Waals surface area contributed by atoms with Gasteiger partial charge in [-0.1, -0.05) is 31.2 Å². The molecule has 1 atom stereocenters. The molecular formula is C22H26Cl2N4O. The summed E-state index contributed by atoms with van der Waals surface area (Å²) < 4.78 is 0. The predicted molar refractivity (Wildman–Crippen MR) is 123 cm³/mol. The molecule has 1 aliphatic heterocycles. The first-order chi connectivity index (χ1) is 13.2. The standard InChI is InChI=1S/C22H24N4O.2ClH/c1-2-15-5-7-16(8-6-15)20-14-24-21(26-20)17-9-11-18(12-10-17)25-22(27)19-4-3-13-23-19;;/h5-12,14,19,23H,2-4,13H2,1H3,(H,24,26)(H,25,27);2*1H/t19-;;/m0../s1. The number of benzene rings is 2. The van der Waals surface area contributed by atoms with Gasteiger partial charge in [0.1, 0.15) is 5.82 Å². The van der Waals surface area contributed by atoms with E-state index in [0.29, 0.717) is 0 Å². The van der Waals surface area contributed by atoms with Gasteiger partial charge in [-0.25, -0.2) is 4.98 Å². The molecule has 1 fully saturated rings. The summed E-state index contributed by atoms with van der Waals surface area (Å²) in [6, 6.07) is 16.2. The molecule has 0 spiro atoms. The van der Waals surface area contributed by atoms with Crippen molar-refractivity contribution in [2.45, 2.75) is 32.2 Å². The van der Waals surface area contributed by atoms with Gasteiger partial charge in [-0.3, -0.25) is 4.79 Å². The third-order valence-corrected chi connectivity index (χ3v) is 5.05. The smallest absolute Gasteiger partial charge is 0.241 e. The van der Waals surface area contributed by atoms with E-state index in [0.717, 1.165) is 54.1 Å². The molecule has 0 unspecified atom stereocenters. The van der Waals surface area contributed by atoms with Gasteiger partial charge < -0.3 is 15.6 Å². The minimum atomic E-state index is -0.0728. The highest BCUT2D eigenvalue weighted by atomic mass is 35.5. The molecule has 2 aromatic carbocycles. The molecule has 1 amide bonds. The Hall–Kier alpha value is -2.34. The minimum Gasteiger partial charge on any atom is -0.338 e. The lowest BCUT2D eigenvalue weighted by Crippen LogP contribution is -2.35. The average Bonchev–Trinajstić information content (AvgIpc) is 3.41. The summed E-state index contributed by atoms with van der Waals surface area (Å²) in [6.45, 7) is 3.07. The number of halogens is 2. The number of carbonyl (C=O) groups excluding carboxylic acids is 1. The van der Waals surface area contributed by atoms with Crippen LogP contribution in [0.4, 0.5) is 5.69 Å². The molecule has 29 heavy (non-hydrogen) atoms. The summed E-state index contributed by atoms with van der Waals surface area (Å²) in [6.07, 6.45) is 4.85. The highest BCUT2D eigenvalue weighted by Crippen LogP contribution is 2.24. The summed E-state index contributed by atoms with van der Waals surface area (Å²) in [5, 5.41) is 6.18. The number of aromatic amines is 1. The van der Waals surface area contributed by atoms with Crippen molar-refractivity contribution >= 4 is 36.4 Å². The number of hydrogen-bond acceptors (Lipinski definition) is 3. The number of hydrogen-bond donors (Lipinski definition) is 3. The van der Waals surface area contributed by atoms with E-state index in [-0.39, 0.29) is 36.8 Å². The fourth-order valence-electron chi connectivity index (χ4n) is 3.38. The van der Waals surface area contributed by atoms with Crippen molar-refractivity contribution in [2.24, 2.45) is 0 Å². The van der Waals surface area contributed by atoms with Crippen molar-refractivity contribution in [1.82, 2.24) is 15.3 Å². The molecule has 3 aromatic rings. The molecule has 0 saturated carbocycles. The first kappa shape index (κ1) is 22.9. The second-order valence-electron chi connectivity index (χ2n) is 6.91. The number of nitrogens with zero attached hydrogens (tertiary/aromatic N) is 1.